The van der Waals surface area contributed by atoms with Crippen LogP contribution in [-0.2, 0) is 10.0 Å². The molecule has 0 saturated carbocycles. The maximum atomic E-state index is 11.9. The maximum Gasteiger partial charge on any atom is 0.345 e. The predicted molar refractivity (Wildman–Crippen MR) is 67.3 cm³/mol. The molecular weight excluding hydrogens is 278 g/mol. The van der Waals surface area contributed by atoms with Gasteiger partial charge in [-0.25, -0.2) is 17.9 Å². The smallest absolute Gasteiger partial charge is 0.345 e. The van der Waals surface area contributed by atoms with E-state index in [1.54, 1.807) is 13.8 Å². The molecule has 1 rings (SSSR count). The van der Waals surface area contributed by atoms with Crippen LogP contribution in [0.3, 0.4) is 0 Å². The topological polar surface area (TPSA) is 104 Å². The van der Waals surface area contributed by atoms with Crippen LogP contribution in [0.2, 0.25) is 0 Å². The van der Waals surface area contributed by atoms with Gasteiger partial charge in [-0.05, 0) is 12.0 Å². The third-order valence-corrected chi connectivity index (χ3v) is 4.94. The van der Waals surface area contributed by atoms with E-state index in [2.05, 4.69) is 4.72 Å². The molecule has 3 N–H and O–H groups in total. The number of carbonyl (C=O) groups is 1. The fourth-order valence-electron chi connectivity index (χ4n) is 1.22. The van der Waals surface area contributed by atoms with Gasteiger partial charge in [-0.3, -0.25) is 0 Å². The van der Waals surface area contributed by atoms with Crippen molar-refractivity contribution in [1.82, 2.24) is 4.72 Å². The van der Waals surface area contributed by atoms with Gasteiger partial charge < -0.3 is 10.2 Å². The first-order chi connectivity index (χ1) is 8.27. The molecule has 0 spiro atoms. The van der Waals surface area contributed by atoms with Crippen LogP contribution >= 0.6 is 11.3 Å². The van der Waals surface area contributed by atoms with Crippen LogP contribution in [0, 0.1) is 5.92 Å². The van der Waals surface area contributed by atoms with E-state index in [4.69, 9.17) is 10.2 Å². The zero-order valence-corrected chi connectivity index (χ0v) is 11.6. The maximum absolute atomic E-state index is 11.9. The Hall–Kier alpha value is -0.960. The molecule has 0 bridgehead atoms. The largest absolute Gasteiger partial charge is 0.477 e. The SMILES string of the molecule is CC(C)[C@@H](CO)NS(=O)(=O)c1csc(C(=O)O)c1. The predicted octanol–water partition coefficient (Wildman–Crippen LogP) is 0.742. The highest BCUT2D eigenvalue weighted by Gasteiger charge is 2.23. The molecule has 0 aromatic carbocycles. The summed E-state index contributed by atoms with van der Waals surface area (Å²) in [5.41, 5.74) is 0. The minimum absolute atomic E-state index is 0.0412. The number of aliphatic hydroxyl groups is 1. The molecule has 102 valence electrons. The second kappa shape index (κ2) is 5.79. The van der Waals surface area contributed by atoms with Crippen LogP contribution in [0.4, 0.5) is 0 Å². The van der Waals surface area contributed by atoms with Gasteiger partial charge in [-0.1, -0.05) is 13.8 Å². The molecule has 0 amide bonds. The van der Waals surface area contributed by atoms with Crippen LogP contribution < -0.4 is 4.72 Å². The summed E-state index contributed by atoms with van der Waals surface area (Å²) >= 11 is 0.846. The van der Waals surface area contributed by atoms with Crippen LogP contribution in [0.15, 0.2) is 16.3 Å². The Labute approximate surface area is 109 Å². The quantitative estimate of drug-likeness (QED) is 0.717. The Morgan fingerprint density at radius 3 is 2.50 bits per heavy atom. The minimum atomic E-state index is -3.79. The van der Waals surface area contributed by atoms with Gasteiger partial charge in [0, 0.05) is 11.4 Å². The lowest BCUT2D eigenvalue weighted by molar-refractivity contribution is 0.0702. The van der Waals surface area contributed by atoms with Gasteiger partial charge in [0.15, 0.2) is 0 Å². The van der Waals surface area contributed by atoms with Crippen molar-refractivity contribution < 1.29 is 23.4 Å². The van der Waals surface area contributed by atoms with Crippen LogP contribution in [0.25, 0.3) is 0 Å². The lowest BCUT2D eigenvalue weighted by Gasteiger charge is -2.19. The van der Waals surface area contributed by atoms with Crippen molar-refractivity contribution in [3.8, 4) is 0 Å². The van der Waals surface area contributed by atoms with E-state index in [0.717, 1.165) is 17.4 Å². The van der Waals surface area contributed by atoms with Crippen molar-refractivity contribution in [3.05, 3.63) is 16.3 Å². The molecule has 0 saturated heterocycles. The molecular formula is C10H15NO5S2. The van der Waals surface area contributed by atoms with Crippen LogP contribution in [0.1, 0.15) is 23.5 Å². The number of carboxylic acids is 1. The molecule has 0 aliphatic heterocycles. The third-order valence-electron chi connectivity index (χ3n) is 2.40. The standard InChI is InChI=1S/C10H15NO5S2/c1-6(2)8(4-12)11-18(15,16)7-3-9(10(13)14)17-5-7/h3,5-6,8,11-12H,4H2,1-2H3,(H,13,14)/t8-/m1/s1. The van der Waals surface area contributed by atoms with E-state index in [0.29, 0.717) is 0 Å². The van der Waals surface area contributed by atoms with Crippen LogP contribution in [-0.4, -0.2) is 37.2 Å². The molecule has 8 heteroatoms. The first kappa shape index (κ1) is 15.1. The van der Waals surface area contributed by atoms with Gasteiger partial charge in [-0.2, -0.15) is 0 Å². The molecule has 0 fully saturated rings. The summed E-state index contributed by atoms with van der Waals surface area (Å²) in [6.07, 6.45) is 0. The number of nitrogens with one attached hydrogen (secondary N) is 1. The van der Waals surface area contributed by atoms with E-state index >= 15 is 0 Å². The number of aliphatic hydroxyl groups excluding tert-OH is 1. The summed E-state index contributed by atoms with van der Waals surface area (Å²) in [5, 5.41) is 19.1. The summed E-state index contributed by atoms with van der Waals surface area (Å²) in [6.45, 7) is 3.24. The van der Waals surface area contributed by atoms with Crippen molar-refractivity contribution in [2.24, 2.45) is 5.92 Å². The first-order valence-corrected chi connectivity index (χ1v) is 7.59. The van der Waals surface area contributed by atoms with E-state index < -0.39 is 22.0 Å². The number of hydrogen-bond acceptors (Lipinski definition) is 5. The lowest BCUT2D eigenvalue weighted by atomic mass is 10.1. The molecule has 1 heterocycles. The fourth-order valence-corrected chi connectivity index (χ4v) is 3.71. The number of thiophene rings is 1. The highest BCUT2D eigenvalue weighted by Crippen LogP contribution is 2.20. The summed E-state index contributed by atoms with van der Waals surface area (Å²) < 4.78 is 26.2. The zero-order chi connectivity index (χ0) is 13.9. The van der Waals surface area contributed by atoms with E-state index in [9.17, 15) is 13.2 Å². The molecule has 1 aromatic heterocycles. The number of carboxylic acid groups (broad SMARTS) is 1. The minimum Gasteiger partial charge on any atom is -0.477 e. The average molecular weight is 293 g/mol. The Morgan fingerprint density at radius 1 is 1.50 bits per heavy atom. The number of aromatic carboxylic acids is 1. The average Bonchev–Trinajstić information content (AvgIpc) is 2.75. The van der Waals surface area contributed by atoms with Gasteiger partial charge in [0.05, 0.1) is 11.5 Å². The molecule has 0 aliphatic rings. The third kappa shape index (κ3) is 3.52. The molecule has 0 aliphatic carbocycles. The number of hydrogen-bond donors (Lipinski definition) is 3. The molecule has 0 unspecified atom stereocenters. The summed E-state index contributed by atoms with van der Waals surface area (Å²) in [6, 6.07) is 0.507. The highest BCUT2D eigenvalue weighted by atomic mass is 32.2. The van der Waals surface area contributed by atoms with E-state index in [1.165, 1.54) is 5.38 Å². The lowest BCUT2D eigenvalue weighted by Crippen LogP contribution is -2.40. The molecule has 6 nitrogen and oxygen atoms in total. The van der Waals surface area contributed by atoms with Crippen molar-refractivity contribution in [1.29, 1.82) is 0 Å². The summed E-state index contributed by atoms with van der Waals surface area (Å²) in [5.74, 6) is -1.23. The van der Waals surface area contributed by atoms with Gasteiger partial charge in [0.2, 0.25) is 10.0 Å². The summed E-state index contributed by atoms with van der Waals surface area (Å²) in [4.78, 5) is 10.5. The first-order valence-electron chi connectivity index (χ1n) is 5.23. The van der Waals surface area contributed by atoms with E-state index in [-0.39, 0.29) is 22.3 Å². The molecule has 18 heavy (non-hydrogen) atoms. The highest BCUT2D eigenvalue weighted by molar-refractivity contribution is 7.89. The van der Waals surface area contributed by atoms with E-state index in [1.807, 2.05) is 0 Å². The van der Waals surface area contributed by atoms with Gasteiger partial charge in [-0.15, -0.1) is 11.3 Å². The molecule has 1 atom stereocenters. The fraction of sp³-hybridized carbons (Fsp3) is 0.500. The number of sulfonamides is 1. The van der Waals surface area contributed by atoms with Crippen molar-refractivity contribution >= 4 is 27.3 Å². The normalized spacial score (nSPS) is 13.8. The van der Waals surface area contributed by atoms with Crippen molar-refractivity contribution in [2.75, 3.05) is 6.61 Å². The van der Waals surface area contributed by atoms with Gasteiger partial charge in [0.1, 0.15) is 4.88 Å². The van der Waals surface area contributed by atoms with Gasteiger partial charge in [0.25, 0.3) is 0 Å². The second-order valence-electron chi connectivity index (χ2n) is 4.11. The summed E-state index contributed by atoms with van der Waals surface area (Å²) in [7, 11) is -3.79. The Balaban J connectivity index is 2.95. The van der Waals surface area contributed by atoms with Crippen molar-refractivity contribution in [3.63, 3.8) is 0 Å². The Bertz CT molecular complexity index is 520. The second-order valence-corrected chi connectivity index (χ2v) is 6.73. The van der Waals surface area contributed by atoms with Gasteiger partial charge >= 0.3 is 5.97 Å². The molecule has 0 radical (unpaired) electrons. The number of rotatable bonds is 6. The monoisotopic (exact) mass is 293 g/mol. The van der Waals surface area contributed by atoms with Crippen LogP contribution in [0.5, 0.6) is 0 Å². The van der Waals surface area contributed by atoms with Crippen molar-refractivity contribution in [2.45, 2.75) is 24.8 Å². The zero-order valence-electron chi connectivity index (χ0n) is 9.95. The Kier molecular flexibility index (Phi) is 4.85. The molecule has 1 aromatic rings. The Morgan fingerprint density at radius 2 is 2.11 bits per heavy atom.